The molecule has 1 fully saturated rings. The largest absolute Gasteiger partial charge is 0.312 e. The predicted molar refractivity (Wildman–Crippen MR) is 86.6 cm³/mol. The number of benzene rings is 1. The Bertz CT molecular complexity index is 492. The Morgan fingerprint density at radius 2 is 1.95 bits per heavy atom. The first-order valence-corrected chi connectivity index (χ1v) is 8.31. The minimum absolute atomic E-state index is 0.320. The van der Waals surface area contributed by atoms with Gasteiger partial charge in [0, 0.05) is 18.7 Å². The zero-order valence-corrected chi connectivity index (χ0v) is 13.1. The molecular formula is C18H26N2O. The number of nitrogens with zero attached hydrogens (tertiary/aromatic N) is 2. The molecule has 3 nitrogen and oxygen atoms in total. The van der Waals surface area contributed by atoms with E-state index < -0.39 is 0 Å². The van der Waals surface area contributed by atoms with Crippen molar-refractivity contribution in [3.8, 4) is 0 Å². The van der Waals surface area contributed by atoms with Gasteiger partial charge in [-0.3, -0.25) is 4.79 Å². The van der Waals surface area contributed by atoms with Crippen LogP contribution in [-0.4, -0.2) is 37.5 Å². The maximum absolute atomic E-state index is 12.6. The van der Waals surface area contributed by atoms with E-state index in [-0.39, 0.29) is 0 Å². The minimum Gasteiger partial charge on any atom is -0.312 e. The number of fused-ring (bicyclic) bond motifs is 1. The Morgan fingerprint density at radius 3 is 2.76 bits per heavy atom. The fourth-order valence-corrected chi connectivity index (χ4v) is 3.61. The van der Waals surface area contributed by atoms with Crippen molar-refractivity contribution in [1.82, 2.24) is 4.90 Å². The van der Waals surface area contributed by atoms with Crippen LogP contribution >= 0.6 is 0 Å². The molecule has 1 aromatic rings. The molecule has 0 radical (unpaired) electrons. The van der Waals surface area contributed by atoms with Gasteiger partial charge < -0.3 is 9.80 Å². The number of anilines is 1. The first kappa shape index (κ1) is 14.6. The molecule has 0 saturated carbocycles. The second-order valence-electron chi connectivity index (χ2n) is 6.56. The lowest BCUT2D eigenvalue weighted by atomic mass is 9.92. The molecule has 114 valence electrons. The molecule has 2 heterocycles. The first-order valence-electron chi connectivity index (χ1n) is 8.31. The summed E-state index contributed by atoms with van der Waals surface area (Å²) >= 11 is 0. The van der Waals surface area contributed by atoms with Gasteiger partial charge in [-0.25, -0.2) is 0 Å². The third-order valence-corrected chi connectivity index (χ3v) is 5.02. The first-order chi connectivity index (χ1) is 10.2. The topological polar surface area (TPSA) is 23.6 Å². The third-order valence-electron chi connectivity index (χ3n) is 5.02. The van der Waals surface area contributed by atoms with Crippen molar-refractivity contribution in [2.75, 3.05) is 31.6 Å². The summed E-state index contributed by atoms with van der Waals surface area (Å²) in [6, 6.07) is 8.38. The molecule has 2 aliphatic heterocycles. The van der Waals surface area contributed by atoms with E-state index in [1.807, 2.05) is 11.0 Å². The van der Waals surface area contributed by atoms with Gasteiger partial charge in [-0.15, -0.1) is 0 Å². The standard InChI is InChI=1S/C18H26N2O/c1-19-13-10-15(11-14-19)8-9-18(21)20-12-4-6-16-5-2-3-7-17(16)20/h2-3,5,7,15H,4,6,8-14H2,1H3. The zero-order chi connectivity index (χ0) is 14.7. The number of carbonyl (C=O) groups excluding carboxylic acids is 1. The molecule has 1 aromatic carbocycles. The molecule has 0 spiro atoms. The van der Waals surface area contributed by atoms with E-state index in [2.05, 4.69) is 30.1 Å². The monoisotopic (exact) mass is 286 g/mol. The summed E-state index contributed by atoms with van der Waals surface area (Å²) in [5.41, 5.74) is 2.48. The van der Waals surface area contributed by atoms with Gasteiger partial charge in [0.15, 0.2) is 0 Å². The van der Waals surface area contributed by atoms with Crippen molar-refractivity contribution in [1.29, 1.82) is 0 Å². The fraction of sp³-hybridized carbons (Fsp3) is 0.611. The number of carbonyl (C=O) groups is 1. The van der Waals surface area contributed by atoms with Crippen LogP contribution in [0.2, 0.25) is 0 Å². The predicted octanol–water partition coefficient (Wildman–Crippen LogP) is 3.09. The molecule has 21 heavy (non-hydrogen) atoms. The molecule has 0 aromatic heterocycles. The lowest BCUT2D eigenvalue weighted by Crippen LogP contribution is -2.36. The van der Waals surface area contributed by atoms with Crippen molar-refractivity contribution in [2.24, 2.45) is 5.92 Å². The van der Waals surface area contributed by atoms with E-state index in [0.29, 0.717) is 12.3 Å². The summed E-state index contributed by atoms with van der Waals surface area (Å²) in [4.78, 5) is 17.0. The van der Waals surface area contributed by atoms with E-state index in [0.717, 1.165) is 37.4 Å². The Hall–Kier alpha value is -1.35. The van der Waals surface area contributed by atoms with Crippen LogP contribution in [-0.2, 0) is 11.2 Å². The molecule has 0 unspecified atom stereocenters. The van der Waals surface area contributed by atoms with Crippen LogP contribution < -0.4 is 4.90 Å². The summed E-state index contributed by atoms with van der Waals surface area (Å²) in [5, 5.41) is 0. The molecule has 0 aliphatic carbocycles. The van der Waals surface area contributed by atoms with Crippen LogP contribution in [0.1, 0.15) is 37.7 Å². The molecule has 0 atom stereocenters. The molecule has 3 rings (SSSR count). The van der Waals surface area contributed by atoms with Crippen LogP contribution in [0, 0.1) is 5.92 Å². The molecule has 0 N–H and O–H groups in total. The molecule has 1 amide bonds. The third kappa shape index (κ3) is 3.46. The van der Waals surface area contributed by atoms with Gasteiger partial charge in [-0.1, -0.05) is 18.2 Å². The van der Waals surface area contributed by atoms with Gasteiger partial charge >= 0.3 is 0 Å². The second-order valence-corrected chi connectivity index (χ2v) is 6.56. The smallest absolute Gasteiger partial charge is 0.226 e. The minimum atomic E-state index is 0.320. The number of para-hydroxylation sites is 1. The number of rotatable bonds is 3. The highest BCUT2D eigenvalue weighted by atomic mass is 16.2. The summed E-state index contributed by atoms with van der Waals surface area (Å²) in [6.45, 7) is 3.26. The maximum Gasteiger partial charge on any atom is 0.226 e. The van der Waals surface area contributed by atoms with Gasteiger partial charge in [0.1, 0.15) is 0 Å². The van der Waals surface area contributed by atoms with Gasteiger partial charge in [0.2, 0.25) is 5.91 Å². The van der Waals surface area contributed by atoms with Crippen molar-refractivity contribution < 1.29 is 4.79 Å². The van der Waals surface area contributed by atoms with Crippen LogP contribution in [0.3, 0.4) is 0 Å². The van der Waals surface area contributed by atoms with Crippen molar-refractivity contribution in [2.45, 2.75) is 38.5 Å². The van der Waals surface area contributed by atoms with Crippen molar-refractivity contribution >= 4 is 11.6 Å². The summed E-state index contributed by atoms with van der Waals surface area (Å²) in [7, 11) is 2.19. The van der Waals surface area contributed by atoms with E-state index in [1.54, 1.807) is 0 Å². The van der Waals surface area contributed by atoms with E-state index in [9.17, 15) is 4.79 Å². The lowest BCUT2D eigenvalue weighted by Gasteiger charge is -2.31. The maximum atomic E-state index is 12.6. The SMILES string of the molecule is CN1CCC(CCC(=O)N2CCCc3ccccc32)CC1. The average Bonchev–Trinajstić information content (AvgIpc) is 2.53. The second kappa shape index (κ2) is 6.61. The normalized spacial score (nSPS) is 20.3. The number of likely N-dealkylation sites (tertiary alicyclic amines) is 1. The van der Waals surface area contributed by atoms with E-state index in [1.165, 1.54) is 31.5 Å². The van der Waals surface area contributed by atoms with E-state index in [4.69, 9.17) is 0 Å². The molecule has 3 heteroatoms. The highest BCUT2D eigenvalue weighted by molar-refractivity contribution is 5.94. The summed E-state index contributed by atoms with van der Waals surface area (Å²) in [5.74, 6) is 1.06. The number of hydrogen-bond acceptors (Lipinski definition) is 2. The van der Waals surface area contributed by atoms with Crippen LogP contribution in [0.15, 0.2) is 24.3 Å². The zero-order valence-electron chi connectivity index (χ0n) is 13.1. The highest BCUT2D eigenvalue weighted by Crippen LogP contribution is 2.28. The van der Waals surface area contributed by atoms with Gasteiger partial charge in [0.05, 0.1) is 0 Å². The summed E-state index contributed by atoms with van der Waals surface area (Å²) in [6.07, 6.45) is 6.47. The Balaban J connectivity index is 1.57. The van der Waals surface area contributed by atoms with Gasteiger partial charge in [-0.2, -0.15) is 0 Å². The molecule has 1 saturated heterocycles. The van der Waals surface area contributed by atoms with Crippen LogP contribution in [0.5, 0.6) is 0 Å². The molecule has 0 bridgehead atoms. The fourth-order valence-electron chi connectivity index (χ4n) is 3.61. The highest BCUT2D eigenvalue weighted by Gasteiger charge is 2.23. The quantitative estimate of drug-likeness (QED) is 0.852. The number of aryl methyl sites for hydroxylation is 1. The van der Waals surface area contributed by atoms with Crippen LogP contribution in [0.25, 0.3) is 0 Å². The number of piperidine rings is 1. The Labute approximate surface area is 127 Å². The van der Waals surface area contributed by atoms with Crippen molar-refractivity contribution in [3.05, 3.63) is 29.8 Å². The average molecular weight is 286 g/mol. The van der Waals surface area contributed by atoms with Crippen LogP contribution in [0.4, 0.5) is 5.69 Å². The molecular weight excluding hydrogens is 260 g/mol. The summed E-state index contributed by atoms with van der Waals surface area (Å²) < 4.78 is 0. The Kier molecular flexibility index (Phi) is 4.59. The van der Waals surface area contributed by atoms with Gasteiger partial charge in [0.25, 0.3) is 0 Å². The van der Waals surface area contributed by atoms with E-state index >= 15 is 0 Å². The lowest BCUT2D eigenvalue weighted by molar-refractivity contribution is -0.119. The molecule has 2 aliphatic rings. The number of hydrogen-bond donors (Lipinski definition) is 0. The Morgan fingerprint density at radius 1 is 1.19 bits per heavy atom. The van der Waals surface area contributed by atoms with Crippen molar-refractivity contribution in [3.63, 3.8) is 0 Å². The number of amides is 1. The van der Waals surface area contributed by atoms with Gasteiger partial charge in [-0.05, 0) is 69.8 Å².